The molecule has 3 aromatic rings. The molecular formula is C29H35N3O4S. The van der Waals surface area contributed by atoms with Crippen molar-refractivity contribution in [3.05, 3.63) is 89.5 Å². The minimum atomic E-state index is -4.02. The van der Waals surface area contributed by atoms with Crippen LogP contribution in [0.3, 0.4) is 0 Å². The van der Waals surface area contributed by atoms with Crippen LogP contribution in [0, 0.1) is 6.92 Å². The van der Waals surface area contributed by atoms with Crippen LogP contribution in [0.2, 0.25) is 0 Å². The summed E-state index contributed by atoms with van der Waals surface area (Å²) in [4.78, 5) is 15.6. The van der Waals surface area contributed by atoms with E-state index in [4.69, 9.17) is 4.74 Å². The number of nitrogens with one attached hydrogen (secondary N) is 1. The fourth-order valence-electron chi connectivity index (χ4n) is 4.50. The molecule has 196 valence electrons. The molecule has 1 saturated heterocycles. The number of nitrogens with zero attached hydrogens (tertiary/aromatic N) is 2. The standard InChI is InChI=1S/C29H35N3O4S/c1-3-36-28-12-5-4-11-27(28)32(37(34,35)26-15-13-23(2)14-16-26)22-29(33)30-20-24-9-8-10-25(19-24)21-31-17-6-7-18-31/h4-5,8-16,19H,3,6-7,17-18,20-22H2,1-2H3,(H,30,33). The Morgan fingerprint density at radius 2 is 1.68 bits per heavy atom. The lowest BCUT2D eigenvalue weighted by molar-refractivity contribution is -0.119. The third-order valence-corrected chi connectivity index (χ3v) is 8.19. The third-order valence-electron chi connectivity index (χ3n) is 6.42. The monoisotopic (exact) mass is 521 g/mol. The number of ether oxygens (including phenoxy) is 1. The average molecular weight is 522 g/mol. The van der Waals surface area contributed by atoms with Crippen LogP contribution < -0.4 is 14.4 Å². The van der Waals surface area contributed by atoms with Gasteiger partial charge in [-0.1, -0.05) is 54.1 Å². The van der Waals surface area contributed by atoms with Gasteiger partial charge in [0.25, 0.3) is 10.0 Å². The maximum absolute atomic E-state index is 13.7. The number of para-hydroxylation sites is 2. The Morgan fingerprint density at radius 1 is 0.973 bits per heavy atom. The van der Waals surface area contributed by atoms with E-state index in [0.29, 0.717) is 24.6 Å². The molecule has 0 unspecified atom stereocenters. The molecule has 37 heavy (non-hydrogen) atoms. The Morgan fingerprint density at radius 3 is 2.41 bits per heavy atom. The molecule has 0 aromatic heterocycles. The Kier molecular flexibility index (Phi) is 8.84. The highest BCUT2D eigenvalue weighted by Gasteiger charge is 2.29. The highest BCUT2D eigenvalue weighted by Crippen LogP contribution is 2.32. The van der Waals surface area contributed by atoms with Gasteiger partial charge < -0.3 is 10.1 Å². The second-order valence-corrected chi connectivity index (χ2v) is 11.2. The predicted molar refractivity (Wildman–Crippen MR) is 146 cm³/mol. The van der Waals surface area contributed by atoms with E-state index in [9.17, 15) is 13.2 Å². The zero-order valence-electron chi connectivity index (χ0n) is 21.5. The number of anilines is 1. The van der Waals surface area contributed by atoms with E-state index in [1.165, 1.54) is 18.4 Å². The van der Waals surface area contributed by atoms with Crippen molar-refractivity contribution in [3.8, 4) is 5.75 Å². The first-order valence-corrected chi connectivity index (χ1v) is 14.2. The summed E-state index contributed by atoms with van der Waals surface area (Å²) in [7, 11) is -4.02. The quantitative estimate of drug-likeness (QED) is 0.402. The second kappa shape index (κ2) is 12.3. The van der Waals surface area contributed by atoms with E-state index < -0.39 is 15.9 Å². The summed E-state index contributed by atoms with van der Waals surface area (Å²) in [6.45, 7) is 7.19. The Balaban J connectivity index is 1.52. The molecular weight excluding hydrogens is 486 g/mol. The SMILES string of the molecule is CCOc1ccccc1N(CC(=O)NCc1cccc(CN2CCCC2)c1)S(=O)(=O)c1ccc(C)cc1. The first-order chi connectivity index (χ1) is 17.9. The molecule has 0 aliphatic carbocycles. The molecule has 8 heteroatoms. The number of rotatable bonds is 11. The fraction of sp³-hybridized carbons (Fsp3) is 0.345. The van der Waals surface area contributed by atoms with Crippen LogP contribution in [0.25, 0.3) is 0 Å². The number of hydrogen-bond acceptors (Lipinski definition) is 5. The van der Waals surface area contributed by atoms with E-state index in [2.05, 4.69) is 22.3 Å². The van der Waals surface area contributed by atoms with E-state index in [-0.39, 0.29) is 11.4 Å². The minimum Gasteiger partial charge on any atom is -0.492 e. The number of carbonyl (C=O) groups is 1. The van der Waals surface area contributed by atoms with E-state index in [1.54, 1.807) is 48.5 Å². The fourth-order valence-corrected chi connectivity index (χ4v) is 5.93. The van der Waals surface area contributed by atoms with Gasteiger partial charge in [0, 0.05) is 13.1 Å². The molecule has 1 fully saturated rings. The summed E-state index contributed by atoms with van der Waals surface area (Å²) in [5, 5.41) is 2.90. The van der Waals surface area contributed by atoms with Crippen LogP contribution in [0.15, 0.2) is 77.7 Å². The van der Waals surface area contributed by atoms with E-state index in [0.717, 1.165) is 35.1 Å². The molecule has 0 atom stereocenters. The summed E-state index contributed by atoms with van der Waals surface area (Å²) in [5.41, 5.74) is 3.47. The van der Waals surface area contributed by atoms with Crippen molar-refractivity contribution in [2.45, 2.75) is 44.7 Å². The summed E-state index contributed by atoms with van der Waals surface area (Å²) in [6, 6.07) is 21.7. The molecule has 0 spiro atoms. The normalized spacial score (nSPS) is 13.9. The van der Waals surface area contributed by atoms with Gasteiger partial charge in [-0.2, -0.15) is 0 Å². The van der Waals surface area contributed by atoms with Gasteiger partial charge in [-0.15, -0.1) is 0 Å². The molecule has 1 aliphatic heterocycles. The molecule has 0 saturated carbocycles. The molecule has 1 N–H and O–H groups in total. The molecule has 1 heterocycles. The Labute approximate surface area is 220 Å². The molecule has 1 amide bonds. The summed E-state index contributed by atoms with van der Waals surface area (Å²) in [6.07, 6.45) is 2.48. The Hall–Kier alpha value is -3.36. The number of amides is 1. The van der Waals surface area contributed by atoms with Crippen LogP contribution in [0.5, 0.6) is 5.75 Å². The maximum atomic E-state index is 13.7. The molecule has 4 rings (SSSR count). The van der Waals surface area contributed by atoms with Crippen LogP contribution in [0.1, 0.15) is 36.5 Å². The number of sulfonamides is 1. The zero-order valence-corrected chi connectivity index (χ0v) is 22.3. The van der Waals surface area contributed by atoms with Crippen LogP contribution >= 0.6 is 0 Å². The second-order valence-electron chi connectivity index (χ2n) is 9.31. The van der Waals surface area contributed by atoms with Gasteiger partial charge in [0.05, 0.1) is 17.2 Å². The van der Waals surface area contributed by atoms with Crippen molar-refractivity contribution < 1.29 is 17.9 Å². The van der Waals surface area contributed by atoms with Crippen molar-refractivity contribution in [3.63, 3.8) is 0 Å². The highest BCUT2D eigenvalue weighted by atomic mass is 32.2. The van der Waals surface area contributed by atoms with Crippen LogP contribution in [-0.2, 0) is 27.9 Å². The molecule has 1 aliphatic rings. The van der Waals surface area contributed by atoms with Gasteiger partial charge in [0.15, 0.2) is 0 Å². The summed E-state index contributed by atoms with van der Waals surface area (Å²) in [5.74, 6) is 0.00929. The number of carbonyl (C=O) groups excluding carboxylic acids is 1. The van der Waals surface area contributed by atoms with Gasteiger partial charge in [0.1, 0.15) is 12.3 Å². The number of aryl methyl sites for hydroxylation is 1. The lowest BCUT2D eigenvalue weighted by Gasteiger charge is -2.26. The van der Waals surface area contributed by atoms with Gasteiger partial charge in [-0.3, -0.25) is 14.0 Å². The average Bonchev–Trinajstić information content (AvgIpc) is 3.40. The first-order valence-electron chi connectivity index (χ1n) is 12.7. The van der Waals surface area contributed by atoms with Crippen molar-refractivity contribution in [1.82, 2.24) is 10.2 Å². The highest BCUT2D eigenvalue weighted by molar-refractivity contribution is 7.92. The van der Waals surface area contributed by atoms with Gasteiger partial charge in [0.2, 0.25) is 5.91 Å². The largest absolute Gasteiger partial charge is 0.492 e. The van der Waals surface area contributed by atoms with Gasteiger partial charge >= 0.3 is 0 Å². The smallest absolute Gasteiger partial charge is 0.264 e. The number of benzene rings is 3. The van der Waals surface area contributed by atoms with Crippen molar-refractivity contribution >= 4 is 21.6 Å². The van der Waals surface area contributed by atoms with Crippen LogP contribution in [0.4, 0.5) is 5.69 Å². The van der Waals surface area contributed by atoms with Gasteiger partial charge in [-0.05, 0) is 75.2 Å². The van der Waals surface area contributed by atoms with E-state index >= 15 is 0 Å². The Bertz CT molecular complexity index is 1300. The number of hydrogen-bond donors (Lipinski definition) is 1. The van der Waals surface area contributed by atoms with Crippen LogP contribution in [-0.4, -0.2) is 45.5 Å². The van der Waals surface area contributed by atoms with Crippen molar-refractivity contribution in [1.29, 1.82) is 0 Å². The number of likely N-dealkylation sites (tertiary alicyclic amines) is 1. The molecule has 0 radical (unpaired) electrons. The minimum absolute atomic E-state index is 0.117. The zero-order chi connectivity index (χ0) is 26.3. The maximum Gasteiger partial charge on any atom is 0.264 e. The lowest BCUT2D eigenvalue weighted by atomic mass is 10.1. The molecule has 7 nitrogen and oxygen atoms in total. The van der Waals surface area contributed by atoms with E-state index in [1.807, 2.05) is 26.0 Å². The molecule has 0 bridgehead atoms. The topological polar surface area (TPSA) is 79.0 Å². The van der Waals surface area contributed by atoms with Crippen molar-refractivity contribution in [2.24, 2.45) is 0 Å². The molecule has 3 aromatic carbocycles. The van der Waals surface area contributed by atoms with Crippen molar-refractivity contribution in [2.75, 3.05) is 30.5 Å². The van der Waals surface area contributed by atoms with Gasteiger partial charge in [-0.25, -0.2) is 8.42 Å². The third kappa shape index (κ3) is 6.90. The summed E-state index contributed by atoms with van der Waals surface area (Å²) < 4.78 is 34.2. The summed E-state index contributed by atoms with van der Waals surface area (Å²) >= 11 is 0. The first kappa shape index (κ1) is 26.7. The predicted octanol–water partition coefficient (Wildman–Crippen LogP) is 4.50. The lowest BCUT2D eigenvalue weighted by Crippen LogP contribution is -2.41.